The van der Waals surface area contributed by atoms with Crippen LogP contribution in [0.5, 0.6) is 11.5 Å². The fourth-order valence-electron chi connectivity index (χ4n) is 8.19. The van der Waals surface area contributed by atoms with Crippen LogP contribution >= 0.6 is 0 Å². The zero-order chi connectivity index (χ0) is 32.0. The summed E-state index contributed by atoms with van der Waals surface area (Å²) in [6.07, 6.45) is 0. The van der Waals surface area contributed by atoms with Crippen molar-refractivity contribution < 1.29 is 4.74 Å². The highest BCUT2D eigenvalue weighted by atomic mass is 16.5. The maximum absolute atomic E-state index is 6.60. The Bertz CT molecular complexity index is 2610. The van der Waals surface area contributed by atoms with E-state index in [2.05, 4.69) is 172 Å². The number of rotatable bonds is 3. The van der Waals surface area contributed by atoms with Crippen LogP contribution in [0.15, 0.2) is 158 Å². The van der Waals surface area contributed by atoms with Crippen molar-refractivity contribution in [3.8, 4) is 67.1 Å². The van der Waals surface area contributed by atoms with Crippen molar-refractivity contribution in [3.63, 3.8) is 0 Å². The third-order valence-electron chi connectivity index (χ3n) is 10.6. The highest BCUT2D eigenvalue weighted by Gasteiger charge is 2.35. The fraction of sp³-hybridized carbons (Fsp3) is 0.0638. The van der Waals surface area contributed by atoms with Crippen LogP contribution in [0.4, 0.5) is 0 Å². The Hall–Kier alpha value is -5.92. The highest BCUT2D eigenvalue weighted by molar-refractivity contribution is 6.10. The summed E-state index contributed by atoms with van der Waals surface area (Å²) in [5.74, 6) is 1.81. The second-order valence-corrected chi connectivity index (χ2v) is 13.7. The van der Waals surface area contributed by atoms with E-state index in [-0.39, 0.29) is 5.41 Å². The van der Waals surface area contributed by atoms with Crippen LogP contribution in [0.25, 0.3) is 77.2 Å². The van der Waals surface area contributed by atoms with E-state index in [0.717, 1.165) is 22.6 Å². The summed E-state index contributed by atoms with van der Waals surface area (Å²) in [4.78, 5) is 0. The van der Waals surface area contributed by atoms with Crippen molar-refractivity contribution in [1.82, 2.24) is 0 Å². The summed E-state index contributed by atoms with van der Waals surface area (Å²) in [6, 6.07) is 57.6. The molecule has 0 fully saturated rings. The van der Waals surface area contributed by atoms with E-state index in [0.29, 0.717) is 0 Å². The molecule has 1 nitrogen and oxygen atoms in total. The van der Waals surface area contributed by atoms with Crippen molar-refractivity contribution in [3.05, 3.63) is 169 Å². The fourth-order valence-corrected chi connectivity index (χ4v) is 8.19. The lowest BCUT2D eigenvalue weighted by atomic mass is 9.82. The van der Waals surface area contributed by atoms with Crippen molar-refractivity contribution in [1.29, 1.82) is 0 Å². The Labute approximate surface area is 280 Å². The number of hydrogen-bond donors (Lipinski definition) is 0. The van der Waals surface area contributed by atoms with Gasteiger partial charge in [-0.2, -0.15) is 0 Å². The number of fused-ring (bicyclic) bond motifs is 6. The second-order valence-electron chi connectivity index (χ2n) is 13.7. The number of benzene rings is 8. The zero-order valence-corrected chi connectivity index (χ0v) is 26.9. The lowest BCUT2D eigenvalue weighted by Crippen LogP contribution is -2.14. The van der Waals surface area contributed by atoms with Crippen molar-refractivity contribution in [2.75, 3.05) is 0 Å². The molecule has 0 radical (unpaired) electrons. The molecule has 0 bridgehead atoms. The van der Waals surface area contributed by atoms with E-state index < -0.39 is 0 Å². The summed E-state index contributed by atoms with van der Waals surface area (Å²) < 4.78 is 6.60. The molecule has 1 aliphatic heterocycles. The van der Waals surface area contributed by atoms with Crippen molar-refractivity contribution >= 4 is 21.5 Å². The smallest absolute Gasteiger partial charge is 0.135 e. The van der Waals surface area contributed by atoms with Crippen LogP contribution in [0.1, 0.15) is 25.0 Å². The van der Waals surface area contributed by atoms with Crippen LogP contribution in [0.2, 0.25) is 0 Å². The van der Waals surface area contributed by atoms with Gasteiger partial charge in [-0.25, -0.2) is 0 Å². The summed E-state index contributed by atoms with van der Waals surface area (Å²) in [5, 5.41) is 4.94. The van der Waals surface area contributed by atoms with Gasteiger partial charge in [0.05, 0.1) is 0 Å². The molecule has 1 heteroatoms. The van der Waals surface area contributed by atoms with Crippen LogP contribution < -0.4 is 4.74 Å². The Kier molecular flexibility index (Phi) is 5.69. The predicted molar refractivity (Wildman–Crippen MR) is 201 cm³/mol. The third kappa shape index (κ3) is 3.98. The van der Waals surface area contributed by atoms with E-state index in [4.69, 9.17) is 4.74 Å². The summed E-state index contributed by atoms with van der Waals surface area (Å²) in [7, 11) is 0. The van der Waals surface area contributed by atoms with Crippen molar-refractivity contribution in [2.45, 2.75) is 19.3 Å². The van der Waals surface area contributed by atoms with E-state index >= 15 is 0 Å². The molecular formula is C47H32O. The Balaban J connectivity index is 1.05. The second kappa shape index (κ2) is 10.0. The third-order valence-corrected chi connectivity index (χ3v) is 10.6. The van der Waals surface area contributed by atoms with Gasteiger partial charge in [0.1, 0.15) is 11.5 Å². The molecule has 0 saturated heterocycles. The van der Waals surface area contributed by atoms with Gasteiger partial charge in [0.25, 0.3) is 0 Å². The van der Waals surface area contributed by atoms with E-state index in [1.165, 1.54) is 77.2 Å². The minimum absolute atomic E-state index is 0.0148. The minimum atomic E-state index is -0.0148. The van der Waals surface area contributed by atoms with Gasteiger partial charge in [-0.15, -0.1) is 0 Å². The summed E-state index contributed by atoms with van der Waals surface area (Å²) >= 11 is 0. The van der Waals surface area contributed by atoms with Crippen LogP contribution in [0.3, 0.4) is 0 Å². The topological polar surface area (TPSA) is 9.23 Å². The normalized spacial score (nSPS) is 13.5. The van der Waals surface area contributed by atoms with Gasteiger partial charge in [-0.05, 0) is 120 Å². The summed E-state index contributed by atoms with van der Waals surface area (Å²) in [5.41, 5.74) is 15.1. The van der Waals surface area contributed by atoms with Crippen LogP contribution in [-0.2, 0) is 5.41 Å². The summed E-state index contributed by atoms with van der Waals surface area (Å²) in [6.45, 7) is 4.70. The van der Waals surface area contributed by atoms with Crippen molar-refractivity contribution in [2.24, 2.45) is 0 Å². The minimum Gasteiger partial charge on any atom is -0.456 e. The predicted octanol–water partition coefficient (Wildman–Crippen LogP) is 13.1. The van der Waals surface area contributed by atoms with Crippen LogP contribution in [0, 0.1) is 0 Å². The Morgan fingerprint density at radius 3 is 2.00 bits per heavy atom. The number of hydrogen-bond acceptors (Lipinski definition) is 1. The zero-order valence-electron chi connectivity index (χ0n) is 26.9. The molecule has 1 aliphatic carbocycles. The molecule has 0 aromatic heterocycles. The van der Waals surface area contributed by atoms with E-state index in [1.807, 2.05) is 0 Å². The molecule has 0 atom stereocenters. The first kappa shape index (κ1) is 27.2. The molecule has 0 saturated carbocycles. The quantitative estimate of drug-likeness (QED) is 0.193. The molecule has 8 aromatic rings. The molecule has 10 rings (SSSR count). The van der Waals surface area contributed by atoms with E-state index in [1.54, 1.807) is 0 Å². The maximum Gasteiger partial charge on any atom is 0.135 e. The van der Waals surface area contributed by atoms with Gasteiger partial charge in [0.15, 0.2) is 0 Å². The molecule has 0 N–H and O–H groups in total. The first-order chi connectivity index (χ1) is 23.5. The lowest BCUT2D eigenvalue weighted by molar-refractivity contribution is 0.487. The molecule has 0 spiro atoms. The lowest BCUT2D eigenvalue weighted by Gasteiger charge is -2.23. The molecule has 1 heterocycles. The monoisotopic (exact) mass is 612 g/mol. The average Bonchev–Trinajstić information content (AvgIpc) is 3.36. The van der Waals surface area contributed by atoms with Gasteiger partial charge in [0, 0.05) is 16.4 Å². The first-order valence-electron chi connectivity index (χ1n) is 16.8. The van der Waals surface area contributed by atoms with Gasteiger partial charge in [-0.1, -0.05) is 129 Å². The van der Waals surface area contributed by atoms with Gasteiger partial charge >= 0.3 is 0 Å². The standard InChI is InChI=1S/C47H32O/c1-47(2)42-17-7-6-14-37(42)41-26-32-19-18-31(25-35(32)27-43(41)47)30-12-8-13-34(24-30)36-22-23-44-46-39(36)15-9-16-40(46)38-21-20-33(28-45(38)48-44)29-10-4-3-5-11-29/h3-28H,1-2H3. The largest absolute Gasteiger partial charge is 0.456 e. The first-order valence-corrected chi connectivity index (χ1v) is 16.8. The van der Waals surface area contributed by atoms with E-state index in [9.17, 15) is 0 Å². The molecule has 0 unspecified atom stereocenters. The van der Waals surface area contributed by atoms with Gasteiger partial charge in [0.2, 0.25) is 0 Å². The highest BCUT2D eigenvalue weighted by Crippen LogP contribution is 2.51. The molecular weight excluding hydrogens is 581 g/mol. The Morgan fingerprint density at radius 1 is 0.375 bits per heavy atom. The number of ether oxygens (including phenoxy) is 1. The molecule has 226 valence electrons. The van der Waals surface area contributed by atoms with Gasteiger partial charge in [-0.3, -0.25) is 0 Å². The van der Waals surface area contributed by atoms with Gasteiger partial charge < -0.3 is 4.74 Å². The van der Waals surface area contributed by atoms with Crippen LogP contribution in [-0.4, -0.2) is 0 Å². The maximum atomic E-state index is 6.60. The Morgan fingerprint density at radius 2 is 1.08 bits per heavy atom. The molecule has 8 aromatic carbocycles. The SMILES string of the molecule is CC1(C)c2ccccc2-c2cc3ccc(-c4cccc(-c5ccc6c7c(cccc57)-c5ccc(-c7ccccc7)cc5O6)c4)cc3cc21. The molecule has 2 aliphatic rings. The molecule has 48 heavy (non-hydrogen) atoms. The molecule has 0 amide bonds. The average molecular weight is 613 g/mol.